The summed E-state index contributed by atoms with van der Waals surface area (Å²) in [4.78, 5) is 0. The minimum Gasteiger partial charge on any atom is -0.382 e. The summed E-state index contributed by atoms with van der Waals surface area (Å²) in [5, 5.41) is 8.68. The molecule has 0 saturated carbocycles. The maximum atomic E-state index is 14.0. The molecule has 0 fully saturated rings. The molecule has 2 aromatic heterocycles. The molecule has 0 unspecified atom stereocenters. The molecule has 3 rings (SSSR count). The van der Waals surface area contributed by atoms with Gasteiger partial charge in [0.1, 0.15) is 11.6 Å². The van der Waals surface area contributed by atoms with Crippen LogP contribution >= 0.6 is 33.9 Å². The van der Waals surface area contributed by atoms with Crippen molar-refractivity contribution in [2.45, 2.75) is 0 Å². The van der Waals surface area contributed by atoms with Crippen LogP contribution in [0.1, 0.15) is 0 Å². The van der Waals surface area contributed by atoms with Gasteiger partial charge in [-0.05, 0) is 40.8 Å². The summed E-state index contributed by atoms with van der Waals surface area (Å²) in [7, 11) is 0. The van der Waals surface area contributed by atoms with Crippen LogP contribution in [0.25, 0.3) is 22.4 Å². The molecule has 3 aromatic rings. The largest absolute Gasteiger partial charge is 0.382 e. The normalized spacial score (nSPS) is 10.9. The Labute approximate surface area is 131 Å². The van der Waals surface area contributed by atoms with Gasteiger partial charge in [0.25, 0.3) is 0 Å². The predicted molar refractivity (Wildman–Crippen MR) is 84.4 cm³/mol. The van der Waals surface area contributed by atoms with E-state index in [0.29, 0.717) is 11.3 Å². The minimum atomic E-state index is -0.663. The van der Waals surface area contributed by atoms with Crippen LogP contribution < -0.4 is 5.73 Å². The first kappa shape index (κ1) is 13.5. The maximum Gasteiger partial charge on any atom is 0.153 e. The Hall–Kier alpha value is -1.48. The van der Waals surface area contributed by atoms with Crippen molar-refractivity contribution in [2.75, 3.05) is 5.73 Å². The van der Waals surface area contributed by atoms with Crippen molar-refractivity contribution in [2.24, 2.45) is 0 Å². The Morgan fingerprint density at radius 1 is 1.25 bits per heavy atom. The SMILES string of the molecule is Nc1n[nH]c(-c2csc(I)c2)c1-c1ccc(F)cc1F. The van der Waals surface area contributed by atoms with Gasteiger partial charge in [0.05, 0.1) is 14.1 Å². The van der Waals surface area contributed by atoms with E-state index in [4.69, 9.17) is 5.73 Å². The molecule has 7 heteroatoms. The lowest BCUT2D eigenvalue weighted by atomic mass is 10.0. The van der Waals surface area contributed by atoms with E-state index in [1.807, 2.05) is 11.4 Å². The molecule has 0 radical (unpaired) electrons. The number of thiophene rings is 1. The molecule has 0 aliphatic heterocycles. The van der Waals surface area contributed by atoms with E-state index in [2.05, 4.69) is 32.8 Å². The van der Waals surface area contributed by atoms with E-state index in [0.717, 1.165) is 14.5 Å². The summed E-state index contributed by atoms with van der Waals surface area (Å²) < 4.78 is 28.1. The Morgan fingerprint density at radius 3 is 2.70 bits per heavy atom. The zero-order chi connectivity index (χ0) is 14.3. The number of aromatic amines is 1. The van der Waals surface area contributed by atoms with Gasteiger partial charge in [-0.25, -0.2) is 8.78 Å². The number of anilines is 1. The van der Waals surface area contributed by atoms with Crippen LogP contribution in [0, 0.1) is 14.5 Å². The Morgan fingerprint density at radius 2 is 2.05 bits per heavy atom. The number of nitrogens with two attached hydrogens (primary N) is 1. The van der Waals surface area contributed by atoms with Crippen molar-refractivity contribution < 1.29 is 8.78 Å². The number of hydrogen-bond donors (Lipinski definition) is 2. The van der Waals surface area contributed by atoms with Gasteiger partial charge in [0, 0.05) is 22.6 Å². The number of nitrogens with zero attached hydrogens (tertiary/aromatic N) is 1. The molecule has 1 aromatic carbocycles. The molecule has 0 atom stereocenters. The minimum absolute atomic E-state index is 0.187. The Kier molecular flexibility index (Phi) is 3.47. The monoisotopic (exact) mass is 403 g/mol. The van der Waals surface area contributed by atoms with Gasteiger partial charge in [-0.2, -0.15) is 5.10 Å². The van der Waals surface area contributed by atoms with Crippen LogP contribution in [0.5, 0.6) is 0 Å². The topological polar surface area (TPSA) is 54.7 Å². The number of nitrogens with one attached hydrogen (secondary N) is 1. The zero-order valence-electron chi connectivity index (χ0n) is 9.95. The fraction of sp³-hybridized carbons (Fsp3) is 0. The molecule has 0 aliphatic rings. The van der Waals surface area contributed by atoms with E-state index in [-0.39, 0.29) is 11.4 Å². The van der Waals surface area contributed by atoms with Crippen molar-refractivity contribution in [3.05, 3.63) is 44.2 Å². The number of rotatable bonds is 2. The van der Waals surface area contributed by atoms with Gasteiger partial charge >= 0.3 is 0 Å². The fourth-order valence-corrected chi connectivity index (χ4v) is 3.31. The third-order valence-electron chi connectivity index (χ3n) is 2.85. The first-order chi connectivity index (χ1) is 9.56. The molecule has 20 heavy (non-hydrogen) atoms. The van der Waals surface area contributed by atoms with Crippen molar-refractivity contribution in [1.29, 1.82) is 0 Å². The van der Waals surface area contributed by atoms with Crippen molar-refractivity contribution in [3.8, 4) is 22.4 Å². The maximum absolute atomic E-state index is 14.0. The van der Waals surface area contributed by atoms with Crippen LogP contribution in [0.15, 0.2) is 29.6 Å². The second-order valence-corrected chi connectivity index (χ2v) is 6.93. The number of aromatic nitrogens is 2. The smallest absolute Gasteiger partial charge is 0.153 e. The first-order valence-electron chi connectivity index (χ1n) is 5.60. The molecule has 0 amide bonds. The molecule has 2 heterocycles. The van der Waals surface area contributed by atoms with Gasteiger partial charge in [-0.1, -0.05) is 0 Å². The van der Waals surface area contributed by atoms with Crippen LogP contribution in [0.2, 0.25) is 0 Å². The Balaban J connectivity index is 2.21. The fourth-order valence-electron chi connectivity index (χ4n) is 1.97. The quantitative estimate of drug-likeness (QED) is 0.628. The van der Waals surface area contributed by atoms with E-state index in [1.165, 1.54) is 12.1 Å². The van der Waals surface area contributed by atoms with E-state index < -0.39 is 11.6 Å². The van der Waals surface area contributed by atoms with Gasteiger partial charge in [0.15, 0.2) is 5.82 Å². The van der Waals surface area contributed by atoms with Crippen LogP contribution in [0.3, 0.4) is 0 Å². The van der Waals surface area contributed by atoms with Gasteiger partial charge in [-0.15, -0.1) is 11.3 Å². The highest BCUT2D eigenvalue weighted by molar-refractivity contribution is 14.1. The molecule has 0 spiro atoms. The summed E-state index contributed by atoms with van der Waals surface area (Å²) in [5.41, 5.74) is 8.02. The predicted octanol–water partition coefficient (Wildman–Crippen LogP) is 4.27. The van der Waals surface area contributed by atoms with Crippen molar-refractivity contribution >= 4 is 39.7 Å². The lowest BCUT2D eigenvalue weighted by Gasteiger charge is -2.05. The molecule has 0 bridgehead atoms. The number of nitrogen functional groups attached to an aromatic ring is 1. The summed E-state index contributed by atoms with van der Waals surface area (Å²) in [6.07, 6.45) is 0. The number of benzene rings is 1. The summed E-state index contributed by atoms with van der Waals surface area (Å²) in [5.74, 6) is -1.10. The summed E-state index contributed by atoms with van der Waals surface area (Å²) >= 11 is 3.76. The number of H-pyrrole nitrogens is 1. The first-order valence-corrected chi connectivity index (χ1v) is 7.56. The molecule has 0 saturated heterocycles. The molecule has 3 nitrogen and oxygen atoms in total. The van der Waals surface area contributed by atoms with Crippen molar-refractivity contribution in [1.82, 2.24) is 10.2 Å². The highest BCUT2D eigenvalue weighted by Crippen LogP contribution is 2.37. The molecular weight excluding hydrogens is 395 g/mol. The van der Waals surface area contributed by atoms with E-state index in [1.54, 1.807) is 11.3 Å². The lowest BCUT2D eigenvalue weighted by molar-refractivity contribution is 0.585. The van der Waals surface area contributed by atoms with Crippen LogP contribution in [0.4, 0.5) is 14.6 Å². The highest BCUT2D eigenvalue weighted by Gasteiger charge is 2.19. The molecule has 3 N–H and O–H groups in total. The second-order valence-electron chi connectivity index (χ2n) is 4.12. The second kappa shape index (κ2) is 5.13. The van der Waals surface area contributed by atoms with Gasteiger partial charge in [-0.3, -0.25) is 5.10 Å². The van der Waals surface area contributed by atoms with Gasteiger partial charge in [0.2, 0.25) is 0 Å². The Bertz CT molecular complexity index is 782. The van der Waals surface area contributed by atoms with Crippen LogP contribution in [-0.4, -0.2) is 10.2 Å². The van der Waals surface area contributed by atoms with Gasteiger partial charge < -0.3 is 5.73 Å². The van der Waals surface area contributed by atoms with Crippen LogP contribution in [-0.2, 0) is 0 Å². The number of hydrogen-bond acceptors (Lipinski definition) is 3. The lowest BCUT2D eigenvalue weighted by Crippen LogP contribution is -1.92. The third-order valence-corrected chi connectivity index (χ3v) is 4.64. The molecule has 0 aliphatic carbocycles. The standard InChI is InChI=1S/C13H8F2IN3S/c14-7-1-2-8(9(15)4-7)11-12(18-19-13(11)17)6-3-10(16)20-5-6/h1-5H,(H3,17,18,19). The summed E-state index contributed by atoms with van der Waals surface area (Å²) in [6, 6.07) is 5.35. The van der Waals surface area contributed by atoms with E-state index >= 15 is 0 Å². The molecular formula is C13H8F2IN3S. The molecule has 102 valence electrons. The zero-order valence-corrected chi connectivity index (χ0v) is 12.9. The third kappa shape index (κ3) is 2.31. The average molecular weight is 403 g/mol. The van der Waals surface area contributed by atoms with E-state index in [9.17, 15) is 8.78 Å². The summed E-state index contributed by atoms with van der Waals surface area (Å²) in [6.45, 7) is 0. The highest BCUT2D eigenvalue weighted by atomic mass is 127. The number of halogens is 3. The average Bonchev–Trinajstić information content (AvgIpc) is 2.96. The van der Waals surface area contributed by atoms with Crippen molar-refractivity contribution in [3.63, 3.8) is 0 Å².